The van der Waals surface area contributed by atoms with Crippen LogP contribution in [0, 0.1) is 5.92 Å². The van der Waals surface area contributed by atoms with E-state index in [2.05, 4.69) is 21.1 Å². The third kappa shape index (κ3) is 7.95. The summed E-state index contributed by atoms with van der Waals surface area (Å²) in [5.41, 5.74) is 0.957. The van der Waals surface area contributed by atoms with E-state index in [4.69, 9.17) is 4.74 Å². The number of ether oxygens (including phenoxy) is 1. The van der Waals surface area contributed by atoms with E-state index in [1.54, 1.807) is 26.8 Å². The highest BCUT2D eigenvalue weighted by molar-refractivity contribution is 7.90. The Morgan fingerprint density at radius 3 is 2.43 bits per heavy atom. The van der Waals surface area contributed by atoms with Crippen molar-refractivity contribution in [1.29, 1.82) is 0 Å². The predicted octanol–water partition coefficient (Wildman–Crippen LogP) is 3.20. The average Bonchev–Trinajstić information content (AvgIpc) is 3.38. The number of sulfonamides is 1. The van der Waals surface area contributed by atoms with Gasteiger partial charge in [0.2, 0.25) is 21.8 Å². The summed E-state index contributed by atoms with van der Waals surface area (Å²) >= 11 is 0. The Labute approximate surface area is 249 Å². The fourth-order valence-corrected chi connectivity index (χ4v) is 7.74. The summed E-state index contributed by atoms with van der Waals surface area (Å²) in [6.45, 7) is 5.57. The molecule has 3 N–H and O–H groups in total. The van der Waals surface area contributed by atoms with Gasteiger partial charge < -0.3 is 20.3 Å². The zero-order chi connectivity index (χ0) is 30.5. The van der Waals surface area contributed by atoms with Gasteiger partial charge in [-0.25, -0.2) is 13.2 Å². The lowest BCUT2D eigenvalue weighted by Gasteiger charge is -2.31. The molecule has 0 bridgehead atoms. The third-order valence-corrected chi connectivity index (χ3v) is 10.4. The van der Waals surface area contributed by atoms with Gasteiger partial charge in [0.25, 0.3) is 5.91 Å². The van der Waals surface area contributed by atoms with Gasteiger partial charge in [-0.15, -0.1) is 5.73 Å². The summed E-state index contributed by atoms with van der Waals surface area (Å²) in [5, 5.41) is 4.93. The van der Waals surface area contributed by atoms with Crippen LogP contribution in [0.5, 0.6) is 0 Å². The number of hydrogen-bond acceptors (Lipinski definition) is 7. The summed E-state index contributed by atoms with van der Waals surface area (Å²) in [4.78, 5) is 55.0. The minimum atomic E-state index is -3.90. The second-order valence-electron chi connectivity index (χ2n) is 13.1. The second kappa shape index (κ2) is 13.2. The normalized spacial score (nSPS) is 29.7. The van der Waals surface area contributed by atoms with Crippen LogP contribution in [0.2, 0.25) is 0 Å². The molecule has 0 aromatic heterocycles. The molecule has 2 aliphatic carbocycles. The Balaban J connectivity index is 1.55. The molecule has 2 heterocycles. The molecule has 4 rings (SSSR count). The summed E-state index contributed by atoms with van der Waals surface area (Å²) in [5.74, 6) is -2.03. The van der Waals surface area contributed by atoms with Crippen LogP contribution in [-0.4, -0.2) is 72.2 Å². The summed E-state index contributed by atoms with van der Waals surface area (Å²) in [6, 6.07) is -1.70. The lowest BCUT2D eigenvalue weighted by molar-refractivity contribution is -0.141. The lowest BCUT2D eigenvalue weighted by Crippen LogP contribution is -2.58. The molecule has 234 valence electrons. The van der Waals surface area contributed by atoms with Crippen LogP contribution in [0.3, 0.4) is 0 Å². The van der Waals surface area contributed by atoms with Crippen molar-refractivity contribution in [3.05, 3.63) is 17.9 Å². The van der Waals surface area contributed by atoms with Crippen molar-refractivity contribution < 1.29 is 32.3 Å². The van der Waals surface area contributed by atoms with E-state index in [0.717, 1.165) is 38.5 Å². The maximum absolute atomic E-state index is 13.7. The zero-order valence-corrected chi connectivity index (χ0v) is 25.9. The first-order valence-electron chi connectivity index (χ1n) is 15.4. The number of fused-ring (bicyclic) bond motifs is 2. The molecule has 1 saturated heterocycles. The van der Waals surface area contributed by atoms with Crippen LogP contribution < -0.4 is 15.4 Å². The van der Waals surface area contributed by atoms with Crippen molar-refractivity contribution in [2.24, 2.45) is 5.92 Å². The molecule has 42 heavy (non-hydrogen) atoms. The first-order chi connectivity index (χ1) is 19.8. The van der Waals surface area contributed by atoms with Crippen molar-refractivity contribution in [3.63, 3.8) is 0 Å². The monoisotopic (exact) mass is 606 g/mol. The maximum Gasteiger partial charge on any atom is 0.408 e. The Morgan fingerprint density at radius 2 is 1.71 bits per heavy atom. The molecule has 0 unspecified atom stereocenters. The maximum atomic E-state index is 13.7. The number of rotatable bonds is 4. The lowest BCUT2D eigenvalue weighted by atomic mass is 10.0. The second-order valence-corrected chi connectivity index (χ2v) is 15.0. The van der Waals surface area contributed by atoms with Crippen molar-refractivity contribution in [2.75, 3.05) is 6.54 Å². The van der Waals surface area contributed by atoms with Gasteiger partial charge >= 0.3 is 6.09 Å². The van der Waals surface area contributed by atoms with E-state index < -0.39 is 62.3 Å². The summed E-state index contributed by atoms with van der Waals surface area (Å²) < 4.78 is 33.8. The first kappa shape index (κ1) is 32.1. The SMILES string of the molecule is CC(C)(C)OC(=O)N[C@H]1CCCCCC=C=C[C@@H]2C[C@@]2(C(=O)NS(=O)(=O)C2CCCCC2)NC(=O)[C@@H]2CCCN2C1=O. The predicted molar refractivity (Wildman–Crippen MR) is 157 cm³/mol. The molecule has 4 amide bonds. The van der Waals surface area contributed by atoms with Crippen LogP contribution in [0.25, 0.3) is 0 Å². The number of nitrogens with one attached hydrogen (secondary N) is 3. The quantitative estimate of drug-likeness (QED) is 0.416. The smallest absolute Gasteiger partial charge is 0.408 e. The molecule has 2 saturated carbocycles. The van der Waals surface area contributed by atoms with E-state index >= 15 is 0 Å². The summed E-state index contributed by atoms with van der Waals surface area (Å²) in [6.07, 6.45) is 11.2. The van der Waals surface area contributed by atoms with Gasteiger partial charge in [0.1, 0.15) is 23.2 Å². The van der Waals surface area contributed by atoms with E-state index in [9.17, 15) is 27.6 Å². The fourth-order valence-electron chi connectivity index (χ4n) is 6.18. The van der Waals surface area contributed by atoms with Gasteiger partial charge in [-0.05, 0) is 84.3 Å². The molecule has 3 fully saturated rings. The van der Waals surface area contributed by atoms with E-state index in [0.29, 0.717) is 45.1 Å². The third-order valence-electron chi connectivity index (χ3n) is 8.58. The van der Waals surface area contributed by atoms with Gasteiger partial charge in [-0.2, -0.15) is 0 Å². The molecular weight excluding hydrogens is 560 g/mol. The molecule has 2 aliphatic heterocycles. The van der Waals surface area contributed by atoms with Gasteiger partial charge in [-0.3, -0.25) is 19.1 Å². The number of carbonyl (C=O) groups excluding carboxylic acids is 4. The van der Waals surface area contributed by atoms with Crippen molar-refractivity contribution >= 4 is 33.8 Å². The van der Waals surface area contributed by atoms with E-state index in [-0.39, 0.29) is 12.3 Å². The highest BCUT2D eigenvalue weighted by Gasteiger charge is 2.61. The number of amides is 4. The molecule has 4 aliphatic rings. The van der Waals surface area contributed by atoms with Crippen LogP contribution in [0.1, 0.15) is 104 Å². The van der Waals surface area contributed by atoms with Crippen LogP contribution in [-0.2, 0) is 29.1 Å². The molecule has 0 spiro atoms. The van der Waals surface area contributed by atoms with Crippen molar-refractivity contribution in [3.8, 4) is 0 Å². The highest BCUT2D eigenvalue weighted by atomic mass is 32.2. The molecule has 11 nitrogen and oxygen atoms in total. The van der Waals surface area contributed by atoms with Crippen LogP contribution >= 0.6 is 0 Å². The Bertz CT molecular complexity index is 1210. The van der Waals surface area contributed by atoms with Gasteiger partial charge in [0.15, 0.2) is 0 Å². The van der Waals surface area contributed by atoms with Crippen molar-refractivity contribution in [1.82, 2.24) is 20.3 Å². The number of carbonyl (C=O) groups is 4. The van der Waals surface area contributed by atoms with E-state index in [1.165, 1.54) is 4.90 Å². The fraction of sp³-hybridized carbons (Fsp3) is 0.767. The molecule has 0 aromatic rings. The van der Waals surface area contributed by atoms with Gasteiger partial charge in [-0.1, -0.05) is 32.1 Å². The molecule has 0 radical (unpaired) electrons. The van der Waals surface area contributed by atoms with Crippen molar-refractivity contribution in [2.45, 2.75) is 133 Å². The largest absolute Gasteiger partial charge is 0.444 e. The Hall–Kier alpha value is -2.85. The average molecular weight is 607 g/mol. The number of hydrogen-bond donors (Lipinski definition) is 3. The van der Waals surface area contributed by atoms with Crippen LogP contribution in [0.15, 0.2) is 17.9 Å². The number of alkyl carbamates (subject to hydrolysis) is 1. The standard InChI is InChI=1S/C30H46N4O7S/c1-29(2,3)41-28(38)31-23-17-12-7-5-4-6-9-14-21-20-30(21,32-25(35)24-18-13-19-34(24)26(23)36)27(37)33-42(39,40)22-15-10-8-11-16-22/h6,14,21-24H,4-5,7-8,10-13,15-20H2,1-3H3,(H,31,38)(H,32,35)(H,33,37)/t9?,21-,23+,24+,30-/m1/s1. The molecule has 4 atom stereocenters. The van der Waals surface area contributed by atoms with Gasteiger partial charge in [0, 0.05) is 12.5 Å². The molecule has 12 heteroatoms. The van der Waals surface area contributed by atoms with E-state index in [1.807, 2.05) is 6.08 Å². The minimum Gasteiger partial charge on any atom is -0.444 e. The Morgan fingerprint density at radius 1 is 1.02 bits per heavy atom. The topological polar surface area (TPSA) is 151 Å². The molecule has 0 aromatic carbocycles. The summed E-state index contributed by atoms with van der Waals surface area (Å²) in [7, 11) is -3.90. The molecular formula is C30H46N4O7S. The Kier molecular flexibility index (Phi) is 10.1. The van der Waals surface area contributed by atoms with Gasteiger partial charge in [0.05, 0.1) is 5.25 Å². The van der Waals surface area contributed by atoms with Crippen LogP contribution in [0.4, 0.5) is 4.79 Å². The first-order valence-corrected chi connectivity index (χ1v) is 17.0. The minimum absolute atomic E-state index is 0.245. The number of nitrogens with zero attached hydrogens (tertiary/aromatic N) is 1. The highest BCUT2D eigenvalue weighted by Crippen LogP contribution is 2.45. The zero-order valence-electron chi connectivity index (χ0n) is 25.1.